The highest BCUT2D eigenvalue weighted by Gasteiger charge is 2.22. The Labute approximate surface area is 178 Å². The van der Waals surface area contributed by atoms with Crippen LogP contribution in [0.1, 0.15) is 22.1 Å². The van der Waals surface area contributed by atoms with E-state index in [1.54, 1.807) is 0 Å². The van der Waals surface area contributed by atoms with E-state index in [-0.39, 0.29) is 23.2 Å². The van der Waals surface area contributed by atoms with Gasteiger partial charge in [0.25, 0.3) is 0 Å². The average Bonchev–Trinajstić information content (AvgIpc) is 2.69. The molecule has 3 rings (SSSR count). The summed E-state index contributed by atoms with van der Waals surface area (Å²) in [4.78, 5) is 2.36. The van der Waals surface area contributed by atoms with E-state index in [9.17, 15) is 0 Å². The van der Waals surface area contributed by atoms with Gasteiger partial charge in [-0.1, -0.05) is 91.0 Å². The van der Waals surface area contributed by atoms with Gasteiger partial charge in [-0.25, -0.2) is 0 Å². The molecule has 0 spiro atoms. The number of hydrogen-bond acceptors (Lipinski definition) is 1. The van der Waals surface area contributed by atoms with Crippen molar-refractivity contribution in [1.82, 2.24) is 4.90 Å². The minimum Gasteiger partial charge on any atom is -0.293 e. The van der Waals surface area contributed by atoms with Crippen molar-refractivity contribution in [3.63, 3.8) is 0 Å². The van der Waals surface area contributed by atoms with E-state index < -0.39 is 0 Å². The second-order valence-electron chi connectivity index (χ2n) is 6.47. The van der Waals surface area contributed by atoms with E-state index in [1.807, 2.05) is 42.5 Å². The molecule has 3 aromatic rings. The third-order valence-corrected chi connectivity index (χ3v) is 5.44. The second kappa shape index (κ2) is 11.4. The number of rotatable bonds is 8. The first kappa shape index (κ1) is 21.8. The van der Waals surface area contributed by atoms with Gasteiger partial charge in [0.15, 0.2) is 0 Å². The number of benzene rings is 3. The molecule has 2 atom stereocenters. The molecule has 0 radical (unpaired) electrons. The summed E-state index contributed by atoms with van der Waals surface area (Å²) in [7, 11) is 0. The minimum atomic E-state index is -0.216. The molecule has 0 amide bonds. The highest BCUT2D eigenvalue weighted by Crippen LogP contribution is 2.29. The fourth-order valence-electron chi connectivity index (χ4n) is 3.05. The molecule has 0 fully saturated rings. The van der Waals surface area contributed by atoms with Gasteiger partial charge >= 0.3 is 0 Å². The van der Waals surface area contributed by atoms with Gasteiger partial charge in [0.2, 0.25) is 0 Å². The van der Waals surface area contributed by atoms with Crippen molar-refractivity contribution in [2.45, 2.75) is 23.8 Å². The Bertz CT molecular complexity index is 724. The van der Waals surface area contributed by atoms with E-state index in [2.05, 4.69) is 53.4 Å². The summed E-state index contributed by atoms with van der Waals surface area (Å²) in [6.45, 7) is 2.41. The molecule has 0 N–H and O–H groups in total. The van der Waals surface area contributed by atoms with E-state index >= 15 is 0 Å². The van der Waals surface area contributed by atoms with Crippen LogP contribution in [0.5, 0.6) is 0 Å². The molecule has 0 saturated carbocycles. The molecular weight excluding hydrogens is 397 g/mol. The normalized spacial score (nSPS) is 13.0. The van der Waals surface area contributed by atoms with Crippen LogP contribution >= 0.6 is 35.6 Å². The molecule has 142 valence electrons. The van der Waals surface area contributed by atoms with Gasteiger partial charge < -0.3 is 0 Å². The Morgan fingerprint density at radius 2 is 1.04 bits per heavy atom. The van der Waals surface area contributed by atoms with Crippen LogP contribution in [0.25, 0.3) is 0 Å². The van der Waals surface area contributed by atoms with Gasteiger partial charge in [0, 0.05) is 19.6 Å². The Balaban J connectivity index is 0.00000261. The Morgan fingerprint density at radius 3 is 1.48 bits per heavy atom. The van der Waals surface area contributed by atoms with Crippen molar-refractivity contribution >= 4 is 35.6 Å². The van der Waals surface area contributed by atoms with Gasteiger partial charge in [-0.3, -0.25) is 4.90 Å². The highest BCUT2D eigenvalue weighted by atomic mass is 35.5. The molecule has 0 heterocycles. The van der Waals surface area contributed by atoms with E-state index in [1.165, 1.54) is 11.1 Å². The van der Waals surface area contributed by atoms with Gasteiger partial charge in [-0.05, 0) is 16.7 Å². The third kappa shape index (κ3) is 6.86. The zero-order chi connectivity index (χ0) is 18.2. The lowest BCUT2D eigenvalue weighted by atomic mass is 10.1. The first-order chi connectivity index (χ1) is 12.7. The molecule has 0 bridgehead atoms. The van der Waals surface area contributed by atoms with Crippen LogP contribution in [-0.2, 0) is 13.1 Å². The van der Waals surface area contributed by atoms with Crippen LogP contribution in [0.15, 0.2) is 91.0 Å². The lowest BCUT2D eigenvalue weighted by Gasteiger charge is -2.27. The van der Waals surface area contributed by atoms with Gasteiger partial charge in [-0.15, -0.1) is 35.6 Å². The molecule has 27 heavy (non-hydrogen) atoms. The molecule has 0 aromatic heterocycles. The highest BCUT2D eigenvalue weighted by molar-refractivity contribution is 6.30. The second-order valence-corrected chi connectivity index (χ2v) is 7.50. The number of hydrogen-bond donors (Lipinski definition) is 0. The van der Waals surface area contributed by atoms with Gasteiger partial charge in [0.1, 0.15) is 0 Å². The van der Waals surface area contributed by atoms with Crippen molar-refractivity contribution in [1.29, 1.82) is 0 Å². The van der Waals surface area contributed by atoms with Crippen LogP contribution in [-0.4, -0.2) is 16.8 Å². The maximum atomic E-state index is 6.72. The summed E-state index contributed by atoms with van der Waals surface area (Å²) >= 11 is 13.4. The summed E-state index contributed by atoms with van der Waals surface area (Å²) in [5.41, 5.74) is 3.62. The van der Waals surface area contributed by atoms with Gasteiger partial charge in [0.05, 0.1) is 10.8 Å². The predicted molar refractivity (Wildman–Crippen MR) is 119 cm³/mol. The van der Waals surface area contributed by atoms with Crippen molar-refractivity contribution in [3.8, 4) is 0 Å². The fourth-order valence-corrected chi connectivity index (χ4v) is 3.62. The van der Waals surface area contributed by atoms with Crippen molar-refractivity contribution in [2.24, 2.45) is 0 Å². The van der Waals surface area contributed by atoms with Crippen LogP contribution < -0.4 is 0 Å². The molecule has 0 aliphatic rings. The third-order valence-electron chi connectivity index (χ3n) is 4.37. The Hall–Kier alpha value is -1.51. The fraction of sp³-hybridized carbons (Fsp3) is 0.217. The number of nitrogens with zero attached hydrogens (tertiary/aromatic N) is 1. The van der Waals surface area contributed by atoms with Crippen molar-refractivity contribution in [2.75, 3.05) is 6.54 Å². The number of alkyl halides is 2. The maximum Gasteiger partial charge on any atom is 0.0761 e. The van der Waals surface area contributed by atoms with Gasteiger partial charge in [-0.2, -0.15) is 0 Å². The lowest BCUT2D eigenvalue weighted by molar-refractivity contribution is 0.254. The Kier molecular flexibility index (Phi) is 9.17. The first-order valence-electron chi connectivity index (χ1n) is 8.85. The topological polar surface area (TPSA) is 3.24 Å². The summed E-state index contributed by atoms with van der Waals surface area (Å²) in [6, 6.07) is 31.0. The minimum absolute atomic E-state index is 0. The quantitative estimate of drug-likeness (QED) is 0.366. The lowest BCUT2D eigenvalue weighted by Crippen LogP contribution is -2.31. The summed E-state index contributed by atoms with van der Waals surface area (Å²) in [5.74, 6) is 0. The van der Waals surface area contributed by atoms with Crippen LogP contribution in [0.4, 0.5) is 0 Å². The zero-order valence-electron chi connectivity index (χ0n) is 15.0. The van der Waals surface area contributed by atoms with E-state index in [4.69, 9.17) is 23.2 Å². The van der Waals surface area contributed by atoms with Crippen molar-refractivity contribution < 1.29 is 0 Å². The molecular formula is C23H24Cl3N. The molecule has 3 aromatic carbocycles. The maximum absolute atomic E-state index is 6.72. The SMILES string of the molecule is Cl.ClC(CN(Cc1ccccc1)Cc1ccccc1)C(Cl)c1ccccc1. The number of halogens is 3. The summed E-state index contributed by atoms with van der Waals surface area (Å²) in [5, 5.41) is -0.390. The smallest absolute Gasteiger partial charge is 0.0761 e. The molecule has 0 aliphatic carbocycles. The molecule has 1 nitrogen and oxygen atoms in total. The van der Waals surface area contributed by atoms with Crippen LogP contribution in [0.3, 0.4) is 0 Å². The predicted octanol–water partition coefficient (Wildman–Crippen LogP) is 6.70. The summed E-state index contributed by atoms with van der Waals surface area (Å²) < 4.78 is 0. The molecule has 4 heteroatoms. The van der Waals surface area contributed by atoms with E-state index in [0.29, 0.717) is 6.54 Å². The monoisotopic (exact) mass is 419 g/mol. The largest absolute Gasteiger partial charge is 0.293 e. The van der Waals surface area contributed by atoms with Crippen molar-refractivity contribution in [3.05, 3.63) is 108 Å². The molecule has 0 saturated heterocycles. The first-order valence-corrected chi connectivity index (χ1v) is 9.73. The summed E-state index contributed by atoms with van der Waals surface area (Å²) in [6.07, 6.45) is 0. The van der Waals surface area contributed by atoms with E-state index in [0.717, 1.165) is 18.7 Å². The Morgan fingerprint density at radius 1 is 0.630 bits per heavy atom. The standard InChI is InChI=1S/C23H23Cl2N.ClH/c24-22(23(25)21-14-8-3-9-15-21)18-26(16-19-10-4-1-5-11-19)17-20-12-6-2-7-13-20;/h1-15,22-23H,16-18H2;1H. The average molecular weight is 421 g/mol. The molecule has 0 aliphatic heterocycles. The van der Waals surface area contributed by atoms with Crippen LogP contribution in [0, 0.1) is 0 Å². The van der Waals surface area contributed by atoms with Crippen LogP contribution in [0.2, 0.25) is 0 Å². The zero-order valence-corrected chi connectivity index (χ0v) is 17.4. The molecule has 2 unspecified atom stereocenters.